The summed E-state index contributed by atoms with van der Waals surface area (Å²) >= 11 is 6.34. The third-order valence-electron chi connectivity index (χ3n) is 4.14. The summed E-state index contributed by atoms with van der Waals surface area (Å²) in [6.07, 6.45) is 3.27. The van der Waals surface area contributed by atoms with Gasteiger partial charge in [0, 0.05) is 24.5 Å². The minimum absolute atomic E-state index is 0.0414. The Morgan fingerprint density at radius 3 is 2.73 bits per heavy atom. The molecule has 1 unspecified atom stereocenters. The predicted octanol–water partition coefficient (Wildman–Crippen LogP) is 3.53. The highest BCUT2D eigenvalue weighted by Gasteiger charge is 2.23. The molecule has 0 radical (unpaired) electrons. The molecule has 2 aromatic rings. The lowest BCUT2D eigenvalue weighted by Gasteiger charge is -2.27. The molecule has 1 saturated heterocycles. The lowest BCUT2D eigenvalue weighted by Crippen LogP contribution is -2.36. The molecule has 0 aliphatic carbocycles. The van der Waals surface area contributed by atoms with Crippen molar-refractivity contribution >= 4 is 28.3 Å². The van der Waals surface area contributed by atoms with Crippen LogP contribution in [-0.2, 0) is 0 Å². The fraction of sp³-hybridized carbons (Fsp3) is 0.412. The number of halogens is 1. The second kappa shape index (κ2) is 6.23. The van der Waals surface area contributed by atoms with Crippen LogP contribution in [-0.4, -0.2) is 28.9 Å². The summed E-state index contributed by atoms with van der Waals surface area (Å²) in [6, 6.07) is 7.31. The standard InChI is InChI=1S/C17H20ClN3O/c1-11(19)14-10-12-6-5-7-13(18)15(12)16(20-14)17(22)21-8-3-2-4-9-21/h5-7,10-11H,2-4,8-9,19H2,1H3. The number of pyridine rings is 1. The number of aromatic nitrogens is 1. The number of amides is 1. The molecule has 1 aliphatic heterocycles. The van der Waals surface area contributed by atoms with E-state index in [-0.39, 0.29) is 11.9 Å². The van der Waals surface area contributed by atoms with Gasteiger partial charge in [-0.1, -0.05) is 23.7 Å². The molecule has 2 heterocycles. The van der Waals surface area contributed by atoms with E-state index in [9.17, 15) is 4.79 Å². The number of rotatable bonds is 2. The highest BCUT2D eigenvalue weighted by atomic mass is 35.5. The van der Waals surface area contributed by atoms with Gasteiger partial charge in [0.2, 0.25) is 0 Å². The second-order valence-electron chi connectivity index (χ2n) is 5.88. The summed E-state index contributed by atoms with van der Waals surface area (Å²) in [6.45, 7) is 3.44. The molecular formula is C17H20ClN3O. The van der Waals surface area contributed by atoms with E-state index in [1.807, 2.05) is 30.0 Å². The minimum atomic E-state index is -0.226. The van der Waals surface area contributed by atoms with Gasteiger partial charge < -0.3 is 10.6 Å². The van der Waals surface area contributed by atoms with Crippen molar-refractivity contribution in [3.05, 3.63) is 40.7 Å². The number of nitrogens with two attached hydrogens (primary N) is 1. The minimum Gasteiger partial charge on any atom is -0.337 e. The first-order valence-corrected chi connectivity index (χ1v) is 8.10. The van der Waals surface area contributed by atoms with Gasteiger partial charge in [0.05, 0.1) is 10.7 Å². The zero-order valence-electron chi connectivity index (χ0n) is 12.7. The Bertz CT molecular complexity index is 708. The molecule has 1 aromatic heterocycles. The summed E-state index contributed by atoms with van der Waals surface area (Å²) in [5.41, 5.74) is 7.12. The Labute approximate surface area is 135 Å². The molecule has 116 valence electrons. The smallest absolute Gasteiger partial charge is 0.273 e. The Kier molecular flexibility index (Phi) is 4.32. The van der Waals surface area contributed by atoms with Gasteiger partial charge in [-0.25, -0.2) is 4.98 Å². The van der Waals surface area contributed by atoms with Gasteiger partial charge in [-0.15, -0.1) is 0 Å². The highest BCUT2D eigenvalue weighted by molar-refractivity contribution is 6.36. The zero-order valence-corrected chi connectivity index (χ0v) is 13.4. The molecule has 22 heavy (non-hydrogen) atoms. The summed E-state index contributed by atoms with van der Waals surface area (Å²) in [5.74, 6) is -0.0414. The first-order chi connectivity index (χ1) is 10.6. The van der Waals surface area contributed by atoms with Crippen molar-refractivity contribution in [3.8, 4) is 0 Å². The number of hydrogen-bond acceptors (Lipinski definition) is 3. The van der Waals surface area contributed by atoms with Crippen molar-refractivity contribution in [2.45, 2.75) is 32.2 Å². The van der Waals surface area contributed by atoms with E-state index in [0.717, 1.165) is 42.4 Å². The van der Waals surface area contributed by atoms with Crippen molar-refractivity contribution in [1.29, 1.82) is 0 Å². The first-order valence-electron chi connectivity index (χ1n) is 7.72. The van der Waals surface area contributed by atoms with Gasteiger partial charge >= 0.3 is 0 Å². The summed E-state index contributed by atoms with van der Waals surface area (Å²) < 4.78 is 0. The van der Waals surface area contributed by atoms with Crippen molar-refractivity contribution in [1.82, 2.24) is 9.88 Å². The molecule has 5 heteroatoms. The predicted molar refractivity (Wildman–Crippen MR) is 89.1 cm³/mol. The molecule has 0 saturated carbocycles. The van der Waals surface area contributed by atoms with Crippen LogP contribution in [0.2, 0.25) is 5.02 Å². The second-order valence-corrected chi connectivity index (χ2v) is 6.28. The van der Waals surface area contributed by atoms with E-state index >= 15 is 0 Å². The number of nitrogens with zero attached hydrogens (tertiary/aromatic N) is 2. The van der Waals surface area contributed by atoms with Crippen LogP contribution in [0.25, 0.3) is 10.8 Å². The third-order valence-corrected chi connectivity index (χ3v) is 4.45. The molecule has 0 spiro atoms. The van der Waals surface area contributed by atoms with Crippen molar-refractivity contribution < 1.29 is 4.79 Å². The van der Waals surface area contributed by atoms with Crippen LogP contribution in [0.4, 0.5) is 0 Å². The molecule has 1 amide bonds. The maximum Gasteiger partial charge on any atom is 0.273 e. The molecule has 2 N–H and O–H groups in total. The number of benzene rings is 1. The average molecular weight is 318 g/mol. The summed E-state index contributed by atoms with van der Waals surface area (Å²) in [4.78, 5) is 19.3. The van der Waals surface area contributed by atoms with Gasteiger partial charge in [0.1, 0.15) is 5.69 Å². The van der Waals surface area contributed by atoms with E-state index < -0.39 is 0 Å². The van der Waals surface area contributed by atoms with Gasteiger partial charge in [-0.2, -0.15) is 0 Å². The van der Waals surface area contributed by atoms with E-state index in [0.29, 0.717) is 10.7 Å². The highest BCUT2D eigenvalue weighted by Crippen LogP contribution is 2.29. The molecule has 3 rings (SSSR count). The zero-order chi connectivity index (χ0) is 15.7. The van der Waals surface area contributed by atoms with Crippen LogP contribution in [0.1, 0.15) is 48.4 Å². The quantitative estimate of drug-likeness (QED) is 0.921. The topological polar surface area (TPSA) is 59.2 Å². The number of carbonyl (C=O) groups is 1. The van der Waals surface area contributed by atoms with Crippen LogP contribution >= 0.6 is 11.6 Å². The van der Waals surface area contributed by atoms with E-state index in [4.69, 9.17) is 17.3 Å². The lowest BCUT2D eigenvalue weighted by atomic mass is 10.0. The maximum atomic E-state index is 12.9. The maximum absolute atomic E-state index is 12.9. The Morgan fingerprint density at radius 1 is 1.32 bits per heavy atom. The van der Waals surface area contributed by atoms with E-state index in [1.54, 1.807) is 6.07 Å². The normalized spacial score (nSPS) is 16.8. The number of hydrogen-bond donors (Lipinski definition) is 1. The third kappa shape index (κ3) is 2.81. The van der Waals surface area contributed by atoms with Gasteiger partial charge in [-0.05, 0) is 43.7 Å². The molecular weight excluding hydrogens is 298 g/mol. The van der Waals surface area contributed by atoms with Gasteiger partial charge in [0.25, 0.3) is 5.91 Å². The van der Waals surface area contributed by atoms with Crippen LogP contribution in [0.15, 0.2) is 24.3 Å². The Hall–Kier alpha value is -1.65. The van der Waals surface area contributed by atoms with Crippen LogP contribution < -0.4 is 5.73 Å². The van der Waals surface area contributed by atoms with Crippen LogP contribution in [0, 0.1) is 0 Å². The van der Waals surface area contributed by atoms with Crippen molar-refractivity contribution in [2.75, 3.05) is 13.1 Å². The Balaban J connectivity index is 2.15. The van der Waals surface area contributed by atoms with Crippen molar-refractivity contribution in [2.24, 2.45) is 5.73 Å². The fourth-order valence-electron chi connectivity index (χ4n) is 2.92. The summed E-state index contributed by atoms with van der Waals surface area (Å²) in [7, 11) is 0. The first kappa shape index (κ1) is 15.3. The number of fused-ring (bicyclic) bond motifs is 1. The SMILES string of the molecule is CC(N)c1cc2cccc(Cl)c2c(C(=O)N2CCCCC2)n1. The molecule has 1 aliphatic rings. The van der Waals surface area contributed by atoms with Crippen LogP contribution in [0.3, 0.4) is 0 Å². The number of piperidine rings is 1. The largest absolute Gasteiger partial charge is 0.337 e. The van der Waals surface area contributed by atoms with Crippen molar-refractivity contribution in [3.63, 3.8) is 0 Å². The molecule has 1 atom stereocenters. The van der Waals surface area contributed by atoms with Crippen LogP contribution in [0.5, 0.6) is 0 Å². The number of likely N-dealkylation sites (tertiary alicyclic amines) is 1. The average Bonchev–Trinajstić information content (AvgIpc) is 2.54. The molecule has 0 bridgehead atoms. The van der Waals surface area contributed by atoms with E-state index in [1.165, 1.54) is 6.42 Å². The van der Waals surface area contributed by atoms with Gasteiger partial charge in [-0.3, -0.25) is 4.79 Å². The molecule has 1 aromatic carbocycles. The van der Waals surface area contributed by atoms with Gasteiger partial charge in [0.15, 0.2) is 0 Å². The molecule has 1 fully saturated rings. The lowest BCUT2D eigenvalue weighted by molar-refractivity contribution is 0.0720. The molecule has 4 nitrogen and oxygen atoms in total. The Morgan fingerprint density at radius 2 is 2.05 bits per heavy atom. The summed E-state index contributed by atoms with van der Waals surface area (Å²) in [5, 5.41) is 2.20. The fourth-order valence-corrected chi connectivity index (χ4v) is 3.19. The van der Waals surface area contributed by atoms with E-state index in [2.05, 4.69) is 4.98 Å². The number of carbonyl (C=O) groups excluding carboxylic acids is 1. The monoisotopic (exact) mass is 317 g/mol.